The molecule has 6 nitrogen and oxygen atoms in total. The molecule has 0 unspecified atom stereocenters. The van der Waals surface area contributed by atoms with Crippen LogP contribution < -0.4 is 0 Å². The minimum Gasteiger partial charge on any atom is -0.481 e. The van der Waals surface area contributed by atoms with E-state index in [0.29, 0.717) is 0 Å². The summed E-state index contributed by atoms with van der Waals surface area (Å²) in [5.41, 5.74) is -1.39. The molecule has 0 aliphatic rings. The van der Waals surface area contributed by atoms with E-state index < -0.39 is 30.6 Å². The van der Waals surface area contributed by atoms with Crippen LogP contribution in [-0.2, 0) is 9.59 Å². The van der Waals surface area contributed by atoms with Crippen molar-refractivity contribution in [1.29, 1.82) is 0 Å². The Morgan fingerprint density at radius 3 is 1.43 bits per heavy atom. The lowest BCUT2D eigenvalue weighted by molar-refractivity contribution is -0.152. The Balaban J connectivity index is 0. The molecule has 0 saturated heterocycles. The second-order valence-electron chi connectivity index (χ2n) is 2.93. The topological polar surface area (TPSA) is 115 Å². The molecule has 0 radical (unpaired) electrons. The number of aliphatic carboxylic acids is 2. The highest BCUT2D eigenvalue weighted by molar-refractivity contribution is 5.74. The number of carboxylic acids is 2. The van der Waals surface area contributed by atoms with Crippen LogP contribution in [0.3, 0.4) is 0 Å². The highest BCUT2D eigenvalue weighted by Crippen LogP contribution is 2.12. The van der Waals surface area contributed by atoms with E-state index in [-0.39, 0.29) is 6.42 Å². The molecule has 0 aromatic heterocycles. The first-order valence-electron chi connectivity index (χ1n) is 4.01. The van der Waals surface area contributed by atoms with Crippen LogP contribution in [0, 0.1) is 5.41 Å². The van der Waals surface area contributed by atoms with E-state index in [1.165, 1.54) is 6.92 Å². The molecule has 0 heterocycles. The molecule has 0 atom stereocenters. The zero-order valence-corrected chi connectivity index (χ0v) is 8.23. The average Bonchev–Trinajstić information content (AvgIpc) is 2.17. The van der Waals surface area contributed by atoms with Crippen molar-refractivity contribution in [2.45, 2.75) is 20.3 Å². The standard InChI is InChI=1S/C5H10O4.C3H6O2/c1-5(2-6,3-7)4(8)9;1-2-3(4)5/h6-7H,2-3H2,1H3,(H,8,9);2H2,1H3,(H,4,5). The zero-order chi connectivity index (χ0) is 11.8. The van der Waals surface area contributed by atoms with Gasteiger partial charge >= 0.3 is 11.9 Å². The number of carbonyl (C=O) groups is 2. The Labute approximate surface area is 81.8 Å². The largest absolute Gasteiger partial charge is 0.481 e. The Kier molecular flexibility index (Phi) is 7.98. The third kappa shape index (κ3) is 6.38. The van der Waals surface area contributed by atoms with Gasteiger partial charge in [0, 0.05) is 6.42 Å². The summed E-state index contributed by atoms with van der Waals surface area (Å²) in [6.45, 7) is 1.79. The predicted octanol–water partition coefficient (Wildman–Crippen LogP) is -0.457. The van der Waals surface area contributed by atoms with Crippen LogP contribution >= 0.6 is 0 Å². The van der Waals surface area contributed by atoms with E-state index in [0.717, 1.165) is 0 Å². The maximum Gasteiger partial charge on any atom is 0.314 e. The van der Waals surface area contributed by atoms with Gasteiger partial charge in [0.1, 0.15) is 5.41 Å². The highest BCUT2D eigenvalue weighted by Gasteiger charge is 2.31. The van der Waals surface area contributed by atoms with Crippen LogP contribution in [0.5, 0.6) is 0 Å². The van der Waals surface area contributed by atoms with Gasteiger partial charge in [0.05, 0.1) is 13.2 Å². The molecule has 0 aliphatic carbocycles. The molecular formula is C8H16O6. The molecule has 4 N–H and O–H groups in total. The Hall–Kier alpha value is -1.14. The smallest absolute Gasteiger partial charge is 0.314 e. The van der Waals surface area contributed by atoms with Gasteiger partial charge in [0.2, 0.25) is 0 Å². The van der Waals surface area contributed by atoms with Crippen LogP contribution in [0.1, 0.15) is 20.3 Å². The van der Waals surface area contributed by atoms with Gasteiger partial charge < -0.3 is 20.4 Å². The van der Waals surface area contributed by atoms with Gasteiger partial charge in [0.15, 0.2) is 0 Å². The maximum absolute atomic E-state index is 10.2. The first-order valence-corrected chi connectivity index (χ1v) is 4.01. The van der Waals surface area contributed by atoms with Crippen molar-refractivity contribution in [2.75, 3.05) is 13.2 Å². The van der Waals surface area contributed by atoms with Gasteiger partial charge in [-0.25, -0.2) is 0 Å². The molecule has 0 bridgehead atoms. The zero-order valence-electron chi connectivity index (χ0n) is 8.23. The number of hydrogen-bond donors (Lipinski definition) is 4. The highest BCUT2D eigenvalue weighted by atomic mass is 16.4. The lowest BCUT2D eigenvalue weighted by Gasteiger charge is -2.17. The van der Waals surface area contributed by atoms with Crippen LogP contribution in [-0.4, -0.2) is 45.6 Å². The van der Waals surface area contributed by atoms with E-state index in [2.05, 4.69) is 0 Å². The number of carboxylic acid groups (broad SMARTS) is 2. The van der Waals surface area contributed by atoms with Gasteiger partial charge in [-0.2, -0.15) is 0 Å². The van der Waals surface area contributed by atoms with E-state index in [4.69, 9.17) is 20.4 Å². The molecule has 0 rings (SSSR count). The average molecular weight is 208 g/mol. The first kappa shape index (κ1) is 15.3. The van der Waals surface area contributed by atoms with E-state index in [1.807, 2.05) is 0 Å². The monoisotopic (exact) mass is 208 g/mol. The Bertz CT molecular complexity index is 184. The minimum atomic E-state index is -1.39. The summed E-state index contributed by atoms with van der Waals surface area (Å²) in [5, 5.41) is 32.9. The van der Waals surface area contributed by atoms with Crippen LogP contribution in [0.15, 0.2) is 0 Å². The lowest BCUT2D eigenvalue weighted by Crippen LogP contribution is -2.35. The third-order valence-corrected chi connectivity index (χ3v) is 1.52. The van der Waals surface area contributed by atoms with Crippen LogP contribution in [0.2, 0.25) is 0 Å². The molecule has 84 valence electrons. The molecule has 0 aromatic carbocycles. The second-order valence-corrected chi connectivity index (χ2v) is 2.93. The molecule has 0 spiro atoms. The molecule has 0 amide bonds. The fourth-order valence-corrected chi connectivity index (χ4v) is 0.185. The fourth-order valence-electron chi connectivity index (χ4n) is 0.185. The van der Waals surface area contributed by atoms with E-state index in [1.54, 1.807) is 6.92 Å². The molecule has 0 saturated carbocycles. The van der Waals surface area contributed by atoms with Gasteiger partial charge in [-0.3, -0.25) is 9.59 Å². The van der Waals surface area contributed by atoms with Gasteiger partial charge in [-0.1, -0.05) is 6.92 Å². The molecule has 6 heteroatoms. The normalized spacial score (nSPS) is 10.0. The summed E-state index contributed by atoms with van der Waals surface area (Å²) >= 11 is 0. The SMILES string of the molecule is CC(CO)(CO)C(=O)O.CCC(=O)O. The van der Waals surface area contributed by atoms with Crippen molar-refractivity contribution >= 4 is 11.9 Å². The van der Waals surface area contributed by atoms with Crippen molar-refractivity contribution < 1.29 is 30.0 Å². The molecule has 0 aliphatic heterocycles. The summed E-state index contributed by atoms with van der Waals surface area (Å²) in [7, 11) is 0. The Morgan fingerprint density at radius 2 is 1.43 bits per heavy atom. The first-order chi connectivity index (χ1) is 6.33. The number of aliphatic hydroxyl groups is 2. The number of rotatable bonds is 4. The van der Waals surface area contributed by atoms with Crippen molar-refractivity contribution in [2.24, 2.45) is 5.41 Å². The van der Waals surface area contributed by atoms with Crippen molar-refractivity contribution in [3.63, 3.8) is 0 Å². The summed E-state index contributed by atoms with van der Waals surface area (Å²) < 4.78 is 0. The predicted molar refractivity (Wildman–Crippen MR) is 47.8 cm³/mol. The minimum absolute atomic E-state index is 0.222. The van der Waals surface area contributed by atoms with Gasteiger partial charge in [0.25, 0.3) is 0 Å². The Morgan fingerprint density at radius 1 is 1.14 bits per heavy atom. The van der Waals surface area contributed by atoms with Crippen LogP contribution in [0.25, 0.3) is 0 Å². The summed E-state index contributed by atoms with van der Waals surface area (Å²) in [6.07, 6.45) is 0.222. The third-order valence-electron chi connectivity index (χ3n) is 1.52. The quantitative estimate of drug-likeness (QED) is 0.497. The number of aliphatic hydroxyl groups excluding tert-OH is 2. The molecule has 0 aromatic rings. The summed E-state index contributed by atoms with van der Waals surface area (Å²) in [6, 6.07) is 0. The summed E-state index contributed by atoms with van der Waals surface area (Å²) in [5.74, 6) is -1.93. The van der Waals surface area contributed by atoms with Gasteiger partial charge in [-0.15, -0.1) is 0 Å². The molecular weight excluding hydrogens is 192 g/mol. The lowest BCUT2D eigenvalue weighted by atomic mass is 9.94. The molecule has 14 heavy (non-hydrogen) atoms. The fraction of sp³-hybridized carbons (Fsp3) is 0.750. The summed E-state index contributed by atoms with van der Waals surface area (Å²) in [4.78, 5) is 19.5. The van der Waals surface area contributed by atoms with Gasteiger partial charge in [-0.05, 0) is 6.92 Å². The van der Waals surface area contributed by atoms with E-state index >= 15 is 0 Å². The van der Waals surface area contributed by atoms with Crippen LogP contribution in [0.4, 0.5) is 0 Å². The van der Waals surface area contributed by atoms with Crippen molar-refractivity contribution in [1.82, 2.24) is 0 Å². The second kappa shape index (κ2) is 7.28. The van der Waals surface area contributed by atoms with E-state index in [9.17, 15) is 9.59 Å². The molecule has 0 fully saturated rings. The maximum atomic E-state index is 10.2. The van der Waals surface area contributed by atoms with Crippen molar-refractivity contribution in [3.8, 4) is 0 Å². The van der Waals surface area contributed by atoms with Crippen molar-refractivity contribution in [3.05, 3.63) is 0 Å². The number of hydrogen-bond acceptors (Lipinski definition) is 4.